The van der Waals surface area contributed by atoms with Crippen LogP contribution in [0.25, 0.3) is 0 Å². The summed E-state index contributed by atoms with van der Waals surface area (Å²) in [5.41, 5.74) is 1.13. The molecule has 0 aromatic rings. The Morgan fingerprint density at radius 1 is 1.00 bits per heavy atom. The van der Waals surface area contributed by atoms with E-state index in [2.05, 4.69) is 33.1 Å². The second kappa shape index (κ2) is 0.861. The first-order valence-electron chi connectivity index (χ1n) is 8.85. The zero-order chi connectivity index (χ0) is 13.2. The summed E-state index contributed by atoms with van der Waals surface area (Å²) in [7, 11) is 3.46. The van der Waals surface area contributed by atoms with Gasteiger partial charge in [-0.15, -0.1) is 0 Å². The van der Waals surface area contributed by atoms with E-state index >= 15 is 0 Å². The topological polar surface area (TPSA) is 12.0 Å². The van der Waals surface area contributed by atoms with Gasteiger partial charge in [-0.05, 0) is 0 Å². The molecule has 6 atom stereocenters. The van der Waals surface area contributed by atoms with Crippen molar-refractivity contribution in [3.63, 3.8) is 0 Å². The molecule has 3 heteroatoms. The fraction of sp³-hybridized carbons (Fsp3) is 1.00. The molecular formula is C17H26FeNP. The van der Waals surface area contributed by atoms with Crippen molar-refractivity contribution in [2.24, 2.45) is 0 Å². The molecule has 10 aliphatic heterocycles. The number of rotatable bonds is 4. The monoisotopic (exact) mass is 331 g/mol. The molecule has 10 rings (SSSR count). The minimum absolute atomic E-state index is 0.572. The van der Waals surface area contributed by atoms with Crippen LogP contribution in [0, 0.1) is 0 Å². The van der Waals surface area contributed by atoms with Crippen LogP contribution in [-0.4, -0.2) is 24.4 Å². The Balaban J connectivity index is 1.34. The molecule has 1 spiro atoms. The van der Waals surface area contributed by atoms with Gasteiger partial charge < -0.3 is 0 Å². The third-order valence-electron chi connectivity index (χ3n) is 16.3. The van der Waals surface area contributed by atoms with E-state index in [1.54, 1.807) is 0 Å². The van der Waals surface area contributed by atoms with Gasteiger partial charge in [0.05, 0.1) is 0 Å². The van der Waals surface area contributed by atoms with E-state index in [9.17, 15) is 0 Å². The Kier molecular flexibility index (Phi) is 0.399. The standard InChI is InChI=1S/C12H21NP.C5H5.Fe/c1-12(2,3)14-11(9-13-4)10-7-5-6-8-10;1-2-4-5-3-1;/h5-8,11,13-14H,9H2,1-4H3;1-5H;. The molecule has 0 radical (unpaired) electrons. The molecule has 20 heavy (non-hydrogen) atoms. The summed E-state index contributed by atoms with van der Waals surface area (Å²) < 4.78 is 1.12. The Hall–Kier alpha value is 0.909. The van der Waals surface area contributed by atoms with Crippen molar-refractivity contribution in [1.29, 1.82) is 0 Å². The van der Waals surface area contributed by atoms with Crippen molar-refractivity contribution < 1.29 is 6.51 Å². The van der Waals surface area contributed by atoms with Crippen LogP contribution in [0.15, 0.2) is 0 Å². The van der Waals surface area contributed by atoms with Crippen molar-refractivity contribution in [2.45, 2.75) is 79.2 Å². The Labute approximate surface area is 113 Å². The first kappa shape index (κ1) is 9.26. The Morgan fingerprint density at radius 2 is 1.50 bits per heavy atom. The van der Waals surface area contributed by atoms with Crippen LogP contribution < -0.4 is 5.32 Å². The van der Waals surface area contributed by atoms with Crippen LogP contribution in [0.1, 0.15) is 20.8 Å². The molecule has 0 aliphatic carbocycles. The third kappa shape index (κ3) is 0.117. The molecule has 10 saturated heterocycles. The van der Waals surface area contributed by atoms with Crippen molar-refractivity contribution in [2.75, 3.05) is 13.6 Å². The van der Waals surface area contributed by atoms with E-state index in [1.807, 2.05) is 0 Å². The average Bonchev–Trinajstić information content (AvgIpc) is 3.30. The summed E-state index contributed by atoms with van der Waals surface area (Å²) in [5.74, 6) is 0. The fourth-order valence-electron chi connectivity index (χ4n) is 18.4. The van der Waals surface area contributed by atoms with Crippen molar-refractivity contribution in [1.82, 2.24) is 5.32 Å². The summed E-state index contributed by atoms with van der Waals surface area (Å²) in [6.07, 6.45) is 0. The van der Waals surface area contributed by atoms with Gasteiger partial charge in [0.2, 0.25) is 0 Å². The van der Waals surface area contributed by atoms with Crippen LogP contribution in [0.2, 0.25) is 47.7 Å². The molecule has 0 aromatic heterocycles. The first-order valence-corrected chi connectivity index (χ1v) is 16.2. The molecule has 0 amide bonds. The molecule has 1 nitrogen and oxygen atoms in total. The van der Waals surface area contributed by atoms with Gasteiger partial charge >= 0.3 is 113 Å². The van der Waals surface area contributed by atoms with Crippen LogP contribution in [0.3, 0.4) is 0 Å². The second-order valence-corrected chi connectivity index (χ2v) is 39.3. The van der Waals surface area contributed by atoms with E-state index in [0.717, 1.165) is 9.97 Å². The number of hydrogen-bond acceptors (Lipinski definition) is 1. The molecule has 10 aliphatic rings. The van der Waals surface area contributed by atoms with E-state index in [1.165, 1.54) is 58.5 Å². The molecule has 10 fully saturated rings. The SMILES string of the molecule is CNCC(PC(C)(C)C)[C]12[CH]3[CH]4[CH]5[CH]1[Fe]45321678[CH]2[CH]1[CH]6[CH]7[CH]28. The molecule has 6 unspecified atom stereocenters. The molecule has 112 valence electrons. The molecule has 0 saturated carbocycles. The first-order chi connectivity index (χ1) is 9.21. The average molecular weight is 331 g/mol. The zero-order valence-electron chi connectivity index (χ0n) is 12.8. The Morgan fingerprint density at radius 3 is 1.75 bits per heavy atom. The van der Waals surface area contributed by atoms with Gasteiger partial charge in [0.25, 0.3) is 0 Å². The molecule has 1 N–H and O–H groups in total. The van der Waals surface area contributed by atoms with E-state index in [4.69, 9.17) is 0 Å². The maximum absolute atomic E-state index is 3.65. The summed E-state index contributed by atoms with van der Waals surface area (Å²) in [6.45, 7) is 6.08. The van der Waals surface area contributed by atoms with E-state index < -0.39 is 6.51 Å². The van der Waals surface area contributed by atoms with Crippen LogP contribution in [0.5, 0.6) is 0 Å². The number of fused-ring (bicyclic) bond motifs is 10. The number of hydrogen-bond donors (Lipinski definition) is 1. The molecule has 0 bridgehead atoms. The number of nitrogens with one attached hydrogen (secondary N) is 1. The summed E-state index contributed by atoms with van der Waals surface area (Å²) in [4.78, 5) is 13.5. The minimum atomic E-state index is -2.84. The molecular weight excluding hydrogens is 305 g/mol. The summed E-state index contributed by atoms with van der Waals surface area (Å²) >= 11 is 0. The molecule has 0 aromatic carbocycles. The van der Waals surface area contributed by atoms with Crippen molar-refractivity contribution in [3.8, 4) is 0 Å². The van der Waals surface area contributed by atoms with Crippen LogP contribution in [-0.2, 0) is 6.51 Å². The predicted molar refractivity (Wildman–Crippen MR) is 82.2 cm³/mol. The van der Waals surface area contributed by atoms with Crippen LogP contribution >= 0.6 is 8.58 Å². The van der Waals surface area contributed by atoms with E-state index in [0.29, 0.717) is 5.16 Å². The fourth-order valence-corrected chi connectivity index (χ4v) is 98.2. The van der Waals surface area contributed by atoms with E-state index in [-0.39, 0.29) is 0 Å². The van der Waals surface area contributed by atoms with Gasteiger partial charge in [-0.2, -0.15) is 0 Å². The Bertz CT molecular complexity index is 940. The summed E-state index contributed by atoms with van der Waals surface area (Å²) in [5, 5.41) is 4.22. The van der Waals surface area contributed by atoms with Gasteiger partial charge in [0, 0.05) is 0 Å². The van der Waals surface area contributed by atoms with Gasteiger partial charge in [-0.3, -0.25) is 0 Å². The third-order valence-corrected chi connectivity index (χ3v) is 61.2. The summed E-state index contributed by atoms with van der Waals surface area (Å²) in [6, 6.07) is 0. The van der Waals surface area contributed by atoms with Gasteiger partial charge in [0.15, 0.2) is 0 Å². The zero-order valence-corrected chi connectivity index (χ0v) is 14.9. The predicted octanol–water partition coefficient (Wildman–Crippen LogP) is 4.81. The van der Waals surface area contributed by atoms with Gasteiger partial charge in [0.1, 0.15) is 0 Å². The normalized spacial score (nSPS) is 106. The van der Waals surface area contributed by atoms with Gasteiger partial charge in [-0.25, -0.2) is 0 Å². The van der Waals surface area contributed by atoms with Crippen LogP contribution in [0.4, 0.5) is 0 Å². The quantitative estimate of drug-likeness (QED) is 0.576. The van der Waals surface area contributed by atoms with Crippen molar-refractivity contribution >= 4 is 8.58 Å². The second-order valence-electron chi connectivity index (χ2n) is 13.2. The molecule has 10 heterocycles. The van der Waals surface area contributed by atoms with Crippen molar-refractivity contribution in [3.05, 3.63) is 0 Å². The maximum atomic E-state index is 3.65. The van der Waals surface area contributed by atoms with Gasteiger partial charge in [-0.1, -0.05) is 0 Å².